The number of tetrazole rings is 1. The number of nitro groups is 1. The van der Waals surface area contributed by atoms with E-state index in [1.165, 1.54) is 18.2 Å². The third-order valence-corrected chi connectivity index (χ3v) is 3.89. The summed E-state index contributed by atoms with van der Waals surface area (Å²) in [4.78, 5) is 10.1. The molecule has 0 aliphatic heterocycles. The Labute approximate surface area is 129 Å². The van der Waals surface area contributed by atoms with Gasteiger partial charge in [0.05, 0.1) is 15.8 Å². The Morgan fingerprint density at radius 1 is 1.25 bits per heavy atom. The third kappa shape index (κ3) is 2.27. The van der Waals surface area contributed by atoms with Crippen molar-refractivity contribution in [2.45, 2.75) is 5.51 Å². The van der Waals surface area contributed by atoms with Crippen LogP contribution in [0.25, 0.3) is 16.6 Å². The SMILES string of the molecule is O=[N+]([O-])c1c(OS(=O)(=O)C(F)(F)F)c2ccccc2n2nnnc12. The van der Waals surface area contributed by atoms with Crippen LogP contribution >= 0.6 is 0 Å². The number of hydrogen-bond acceptors (Lipinski definition) is 8. The monoisotopic (exact) mass is 363 g/mol. The van der Waals surface area contributed by atoms with Gasteiger partial charge >= 0.3 is 21.3 Å². The number of hydrogen-bond donors (Lipinski definition) is 0. The Morgan fingerprint density at radius 3 is 2.54 bits per heavy atom. The molecule has 0 N–H and O–H groups in total. The Morgan fingerprint density at radius 2 is 1.92 bits per heavy atom. The molecule has 24 heavy (non-hydrogen) atoms. The number of rotatable bonds is 3. The maximum Gasteiger partial charge on any atom is 0.534 e. The van der Waals surface area contributed by atoms with Gasteiger partial charge in [-0.25, -0.2) is 0 Å². The number of benzene rings is 1. The highest BCUT2D eigenvalue weighted by molar-refractivity contribution is 7.88. The molecule has 2 heterocycles. The molecule has 14 heteroatoms. The summed E-state index contributed by atoms with van der Waals surface area (Å²) in [7, 11) is -6.13. The zero-order valence-electron chi connectivity index (χ0n) is 11.1. The largest absolute Gasteiger partial charge is 0.534 e. The predicted octanol–water partition coefficient (Wildman–Crippen LogP) is 1.41. The molecule has 126 valence electrons. The second-order valence-corrected chi connectivity index (χ2v) is 5.89. The average molecular weight is 363 g/mol. The summed E-state index contributed by atoms with van der Waals surface area (Å²) in [6.07, 6.45) is 0. The first-order valence-electron chi connectivity index (χ1n) is 5.91. The molecule has 0 unspecified atom stereocenters. The number of pyridine rings is 1. The fourth-order valence-corrected chi connectivity index (χ4v) is 2.46. The first-order chi connectivity index (χ1) is 11.1. The van der Waals surface area contributed by atoms with Gasteiger partial charge in [0.25, 0.3) is 5.65 Å². The summed E-state index contributed by atoms with van der Waals surface area (Å²) in [5.74, 6) is -1.12. The van der Waals surface area contributed by atoms with E-state index < -0.39 is 37.6 Å². The molecule has 0 bridgehead atoms. The van der Waals surface area contributed by atoms with Crippen molar-refractivity contribution in [3.63, 3.8) is 0 Å². The number of alkyl halides is 3. The standard InChI is InChI=1S/C10H4F3N5O5S/c11-10(12,13)24(21,22)23-8-5-3-1-2-4-6(5)17-9(14-15-16-17)7(8)18(19)20/h1-4H. The molecule has 0 aliphatic carbocycles. The lowest BCUT2D eigenvalue weighted by atomic mass is 10.2. The molecule has 0 fully saturated rings. The lowest BCUT2D eigenvalue weighted by Gasteiger charge is -2.12. The lowest BCUT2D eigenvalue weighted by Crippen LogP contribution is -2.28. The van der Waals surface area contributed by atoms with Gasteiger partial charge in [-0.15, -0.1) is 5.10 Å². The zero-order valence-corrected chi connectivity index (χ0v) is 11.9. The topological polar surface area (TPSA) is 130 Å². The molecule has 3 rings (SSSR count). The van der Waals surface area contributed by atoms with E-state index in [4.69, 9.17) is 0 Å². The first-order valence-corrected chi connectivity index (χ1v) is 7.32. The number of halogens is 3. The molecular formula is C10H4F3N5O5S. The average Bonchev–Trinajstić information content (AvgIpc) is 2.94. The van der Waals surface area contributed by atoms with Crippen LogP contribution in [0.1, 0.15) is 0 Å². The molecule has 10 nitrogen and oxygen atoms in total. The van der Waals surface area contributed by atoms with Gasteiger partial charge in [0.2, 0.25) is 5.75 Å². The number of fused-ring (bicyclic) bond motifs is 3. The van der Waals surface area contributed by atoms with E-state index in [-0.39, 0.29) is 10.9 Å². The van der Waals surface area contributed by atoms with E-state index >= 15 is 0 Å². The van der Waals surface area contributed by atoms with Crippen LogP contribution in [0.15, 0.2) is 24.3 Å². The predicted molar refractivity (Wildman–Crippen MR) is 70.5 cm³/mol. The first kappa shape index (κ1) is 15.9. The van der Waals surface area contributed by atoms with Crippen molar-refractivity contribution in [1.82, 2.24) is 20.0 Å². The maximum atomic E-state index is 12.6. The number of para-hydroxylation sites is 1. The molecule has 0 radical (unpaired) electrons. The minimum atomic E-state index is -6.13. The smallest absolute Gasteiger partial charge is 0.368 e. The van der Waals surface area contributed by atoms with Crippen LogP contribution in [-0.4, -0.2) is 38.9 Å². The fourth-order valence-electron chi connectivity index (χ4n) is 1.98. The molecule has 0 atom stereocenters. The van der Waals surface area contributed by atoms with Crippen LogP contribution in [0.5, 0.6) is 5.75 Å². The van der Waals surface area contributed by atoms with E-state index in [2.05, 4.69) is 19.7 Å². The molecule has 1 aromatic carbocycles. The van der Waals surface area contributed by atoms with Crippen LogP contribution in [0, 0.1) is 10.1 Å². The Hall–Kier alpha value is -3.03. The maximum absolute atomic E-state index is 12.6. The highest BCUT2D eigenvalue weighted by Crippen LogP contribution is 2.40. The summed E-state index contributed by atoms with van der Waals surface area (Å²) in [6, 6.07) is 5.26. The molecule has 0 aliphatic rings. The lowest BCUT2D eigenvalue weighted by molar-refractivity contribution is -0.384. The highest BCUT2D eigenvalue weighted by atomic mass is 32.2. The van der Waals surface area contributed by atoms with E-state index in [1.54, 1.807) is 0 Å². The van der Waals surface area contributed by atoms with Gasteiger partial charge in [0.15, 0.2) is 0 Å². The summed E-state index contributed by atoms with van der Waals surface area (Å²) in [6.45, 7) is 0. The Bertz CT molecular complexity index is 1080. The van der Waals surface area contributed by atoms with Crippen molar-refractivity contribution in [3.8, 4) is 5.75 Å². The van der Waals surface area contributed by atoms with Crippen molar-refractivity contribution >= 4 is 32.4 Å². The van der Waals surface area contributed by atoms with Crippen molar-refractivity contribution in [2.24, 2.45) is 0 Å². The van der Waals surface area contributed by atoms with Gasteiger partial charge in [0, 0.05) is 0 Å². The van der Waals surface area contributed by atoms with Crippen molar-refractivity contribution in [3.05, 3.63) is 34.4 Å². The van der Waals surface area contributed by atoms with Gasteiger partial charge in [-0.05, 0) is 22.6 Å². The normalized spacial score (nSPS) is 12.6. The van der Waals surface area contributed by atoms with Gasteiger partial charge in [-0.1, -0.05) is 12.1 Å². The minimum Gasteiger partial charge on any atom is -0.368 e. The molecule has 0 spiro atoms. The van der Waals surface area contributed by atoms with E-state index in [1.807, 2.05) is 0 Å². The summed E-state index contributed by atoms with van der Waals surface area (Å²) in [5.41, 5.74) is -7.41. The van der Waals surface area contributed by atoms with Crippen molar-refractivity contribution in [2.75, 3.05) is 0 Å². The molecule has 0 saturated carbocycles. The zero-order chi connectivity index (χ0) is 17.7. The summed E-state index contributed by atoms with van der Waals surface area (Å²) < 4.78 is 65.2. The van der Waals surface area contributed by atoms with E-state index in [0.717, 1.165) is 10.6 Å². The second-order valence-electron chi connectivity index (χ2n) is 4.35. The third-order valence-electron chi connectivity index (χ3n) is 2.93. The highest BCUT2D eigenvalue weighted by Gasteiger charge is 2.50. The minimum absolute atomic E-state index is 0.0236. The van der Waals surface area contributed by atoms with E-state index in [0.29, 0.717) is 0 Å². The van der Waals surface area contributed by atoms with Crippen LogP contribution in [-0.2, 0) is 10.1 Å². The van der Waals surface area contributed by atoms with Gasteiger partial charge < -0.3 is 4.18 Å². The van der Waals surface area contributed by atoms with Gasteiger partial charge in [0.1, 0.15) is 0 Å². The van der Waals surface area contributed by atoms with Gasteiger partial charge in [-0.3, -0.25) is 10.1 Å². The van der Waals surface area contributed by atoms with Gasteiger partial charge in [-0.2, -0.15) is 26.1 Å². The summed E-state index contributed by atoms with van der Waals surface area (Å²) in [5, 5.41) is 21.0. The summed E-state index contributed by atoms with van der Waals surface area (Å²) >= 11 is 0. The Kier molecular flexibility index (Phi) is 3.29. The van der Waals surface area contributed by atoms with Crippen LogP contribution in [0.4, 0.5) is 18.9 Å². The molecule has 3 aromatic rings. The molecule has 2 aromatic heterocycles. The number of nitrogens with zero attached hydrogens (tertiary/aromatic N) is 5. The van der Waals surface area contributed by atoms with Crippen molar-refractivity contribution < 1.29 is 30.7 Å². The number of aromatic nitrogens is 4. The molecule has 0 saturated heterocycles. The Balaban J connectivity index is 2.44. The van der Waals surface area contributed by atoms with Crippen molar-refractivity contribution in [1.29, 1.82) is 0 Å². The fraction of sp³-hybridized carbons (Fsp3) is 0.100. The van der Waals surface area contributed by atoms with E-state index in [9.17, 15) is 31.7 Å². The quantitative estimate of drug-likeness (QED) is 0.296. The molecular weight excluding hydrogens is 359 g/mol. The van der Waals surface area contributed by atoms with Crippen LogP contribution < -0.4 is 4.18 Å². The molecule has 0 amide bonds. The second kappa shape index (κ2) is 4.98. The van der Waals surface area contributed by atoms with Crippen LogP contribution in [0.2, 0.25) is 0 Å². The van der Waals surface area contributed by atoms with Crippen LogP contribution in [0.3, 0.4) is 0 Å².